The number of carbonyl (C=O) groups excluding carboxylic acids is 1. The summed E-state index contributed by atoms with van der Waals surface area (Å²) in [5, 5.41) is 0.304. The summed E-state index contributed by atoms with van der Waals surface area (Å²) in [4.78, 5) is 23.9. The van der Waals surface area contributed by atoms with Gasteiger partial charge in [-0.15, -0.1) is 0 Å². The Morgan fingerprint density at radius 3 is 2.71 bits per heavy atom. The molecule has 6 heteroatoms. The van der Waals surface area contributed by atoms with E-state index in [-0.39, 0.29) is 29.1 Å². The SMILES string of the molecule is CC(C)CCOc1coc(COC(=O)c2ccccc2Cl)cc1=O. The normalized spacial score (nSPS) is 10.7. The summed E-state index contributed by atoms with van der Waals surface area (Å²) in [6.45, 7) is 4.43. The Bertz CT molecular complexity index is 751. The average Bonchev–Trinajstić information content (AvgIpc) is 2.54. The van der Waals surface area contributed by atoms with Crippen molar-refractivity contribution in [3.8, 4) is 5.75 Å². The number of halogens is 1. The fourth-order valence-corrected chi connectivity index (χ4v) is 2.08. The molecule has 0 bridgehead atoms. The summed E-state index contributed by atoms with van der Waals surface area (Å²) in [7, 11) is 0. The molecule has 0 aliphatic rings. The van der Waals surface area contributed by atoms with E-state index in [0.717, 1.165) is 6.42 Å². The molecule has 0 unspecified atom stereocenters. The van der Waals surface area contributed by atoms with Crippen molar-refractivity contribution in [3.05, 3.63) is 63.2 Å². The van der Waals surface area contributed by atoms with E-state index in [4.69, 9.17) is 25.5 Å². The number of hydrogen-bond acceptors (Lipinski definition) is 5. The third-order valence-corrected chi connectivity index (χ3v) is 3.57. The van der Waals surface area contributed by atoms with Crippen molar-refractivity contribution in [1.82, 2.24) is 0 Å². The fourth-order valence-electron chi connectivity index (χ4n) is 1.87. The highest BCUT2D eigenvalue weighted by atomic mass is 35.5. The van der Waals surface area contributed by atoms with Gasteiger partial charge in [-0.1, -0.05) is 37.6 Å². The predicted octanol–water partition coefficient (Wildman–Crippen LogP) is 4.08. The average molecular weight is 351 g/mol. The van der Waals surface area contributed by atoms with Gasteiger partial charge in [0.15, 0.2) is 0 Å². The highest BCUT2D eigenvalue weighted by Gasteiger charge is 2.12. The predicted molar refractivity (Wildman–Crippen MR) is 90.5 cm³/mol. The second-order valence-corrected chi connectivity index (χ2v) is 6.07. The van der Waals surface area contributed by atoms with Gasteiger partial charge in [0.05, 0.1) is 17.2 Å². The molecule has 1 aromatic carbocycles. The highest BCUT2D eigenvalue weighted by molar-refractivity contribution is 6.33. The summed E-state index contributed by atoms with van der Waals surface area (Å²) >= 11 is 5.93. The van der Waals surface area contributed by atoms with Gasteiger partial charge in [0, 0.05) is 6.07 Å². The number of hydrogen-bond donors (Lipinski definition) is 0. The number of esters is 1. The van der Waals surface area contributed by atoms with E-state index < -0.39 is 5.97 Å². The lowest BCUT2D eigenvalue weighted by molar-refractivity contribution is 0.0442. The van der Waals surface area contributed by atoms with Crippen LogP contribution in [0.5, 0.6) is 5.75 Å². The van der Waals surface area contributed by atoms with Crippen LogP contribution >= 0.6 is 11.6 Å². The van der Waals surface area contributed by atoms with Gasteiger partial charge in [0.25, 0.3) is 0 Å². The molecule has 0 amide bonds. The van der Waals surface area contributed by atoms with Gasteiger partial charge in [-0.05, 0) is 24.5 Å². The quantitative estimate of drug-likeness (QED) is 0.704. The van der Waals surface area contributed by atoms with Gasteiger partial charge in [-0.25, -0.2) is 4.79 Å². The Morgan fingerprint density at radius 2 is 2.04 bits per heavy atom. The molecule has 0 aliphatic carbocycles. The number of ether oxygens (including phenoxy) is 2. The zero-order chi connectivity index (χ0) is 17.5. The van der Waals surface area contributed by atoms with E-state index in [2.05, 4.69) is 13.8 Å². The van der Waals surface area contributed by atoms with Gasteiger partial charge in [-0.3, -0.25) is 4.79 Å². The van der Waals surface area contributed by atoms with Crippen molar-refractivity contribution < 1.29 is 18.7 Å². The summed E-state index contributed by atoms with van der Waals surface area (Å²) in [6, 6.07) is 7.82. The van der Waals surface area contributed by atoms with Crippen molar-refractivity contribution in [2.45, 2.75) is 26.9 Å². The second kappa shape index (κ2) is 8.55. The smallest absolute Gasteiger partial charge is 0.340 e. The minimum atomic E-state index is -0.583. The van der Waals surface area contributed by atoms with Gasteiger partial charge in [0.1, 0.15) is 18.6 Å². The Labute approximate surface area is 145 Å². The van der Waals surface area contributed by atoms with Crippen LogP contribution in [0, 0.1) is 5.92 Å². The van der Waals surface area contributed by atoms with Crippen LogP contribution in [0.1, 0.15) is 36.4 Å². The van der Waals surface area contributed by atoms with Gasteiger partial charge < -0.3 is 13.9 Å². The largest absolute Gasteiger partial charge is 0.487 e. The lowest BCUT2D eigenvalue weighted by Gasteiger charge is -2.08. The maximum atomic E-state index is 11.9. The first-order valence-electron chi connectivity index (χ1n) is 7.63. The number of benzene rings is 1. The first kappa shape index (κ1) is 18.1. The van der Waals surface area contributed by atoms with Crippen LogP contribution in [0.2, 0.25) is 5.02 Å². The van der Waals surface area contributed by atoms with Crippen molar-refractivity contribution in [1.29, 1.82) is 0 Å². The zero-order valence-corrected chi connectivity index (χ0v) is 14.3. The fraction of sp³-hybridized carbons (Fsp3) is 0.333. The van der Waals surface area contributed by atoms with E-state index in [1.165, 1.54) is 12.3 Å². The van der Waals surface area contributed by atoms with Gasteiger partial charge in [0.2, 0.25) is 11.2 Å². The Kier molecular flexibility index (Phi) is 6.44. The molecule has 0 aliphatic heterocycles. The van der Waals surface area contributed by atoms with E-state index in [9.17, 15) is 9.59 Å². The molecule has 0 fully saturated rings. The number of rotatable bonds is 7. The third kappa shape index (κ3) is 5.13. The lowest BCUT2D eigenvalue weighted by Crippen LogP contribution is -2.11. The molecule has 128 valence electrons. The summed E-state index contributed by atoms with van der Waals surface area (Å²) < 4.78 is 15.8. The third-order valence-electron chi connectivity index (χ3n) is 3.24. The summed E-state index contributed by atoms with van der Waals surface area (Å²) in [6.07, 6.45) is 2.08. The van der Waals surface area contributed by atoms with Crippen LogP contribution in [-0.2, 0) is 11.3 Å². The molecule has 24 heavy (non-hydrogen) atoms. The van der Waals surface area contributed by atoms with Crippen molar-refractivity contribution >= 4 is 17.6 Å². The standard InChI is InChI=1S/C18H19ClO5/c1-12(2)7-8-22-17-11-23-13(9-16(17)20)10-24-18(21)14-5-3-4-6-15(14)19/h3-6,9,11-12H,7-8,10H2,1-2H3. The monoisotopic (exact) mass is 350 g/mol. The lowest BCUT2D eigenvalue weighted by atomic mass is 10.1. The summed E-state index contributed by atoms with van der Waals surface area (Å²) in [5.74, 6) is 0.287. The maximum absolute atomic E-state index is 11.9. The Hall–Kier alpha value is -2.27. The second-order valence-electron chi connectivity index (χ2n) is 5.66. The molecule has 0 saturated heterocycles. The minimum Gasteiger partial charge on any atom is -0.487 e. The van der Waals surface area contributed by atoms with E-state index >= 15 is 0 Å². The van der Waals surface area contributed by atoms with E-state index in [1.54, 1.807) is 24.3 Å². The zero-order valence-electron chi connectivity index (χ0n) is 13.6. The molecule has 2 rings (SSSR count). The highest BCUT2D eigenvalue weighted by Crippen LogP contribution is 2.17. The summed E-state index contributed by atoms with van der Waals surface area (Å²) in [5.41, 5.74) is -0.0519. The van der Waals surface area contributed by atoms with Crippen molar-refractivity contribution in [3.63, 3.8) is 0 Å². The Balaban J connectivity index is 1.94. The molecule has 5 nitrogen and oxygen atoms in total. The maximum Gasteiger partial charge on any atom is 0.340 e. The number of carbonyl (C=O) groups is 1. The molecular formula is C18H19ClO5. The van der Waals surface area contributed by atoms with Crippen LogP contribution < -0.4 is 10.2 Å². The van der Waals surface area contributed by atoms with Crippen LogP contribution in [0.4, 0.5) is 0 Å². The van der Waals surface area contributed by atoms with Crippen LogP contribution in [0.15, 0.2) is 45.8 Å². The van der Waals surface area contributed by atoms with Crippen LogP contribution in [-0.4, -0.2) is 12.6 Å². The molecule has 2 aromatic rings. The van der Waals surface area contributed by atoms with Crippen LogP contribution in [0.25, 0.3) is 0 Å². The van der Waals surface area contributed by atoms with Crippen molar-refractivity contribution in [2.75, 3.05) is 6.61 Å². The first-order valence-corrected chi connectivity index (χ1v) is 8.01. The van der Waals surface area contributed by atoms with Crippen molar-refractivity contribution in [2.24, 2.45) is 5.92 Å². The molecule has 0 saturated carbocycles. The molecule has 1 heterocycles. The molecule has 0 N–H and O–H groups in total. The van der Waals surface area contributed by atoms with Gasteiger partial charge >= 0.3 is 5.97 Å². The first-order chi connectivity index (χ1) is 11.5. The van der Waals surface area contributed by atoms with E-state index in [1.807, 2.05) is 0 Å². The van der Waals surface area contributed by atoms with E-state index in [0.29, 0.717) is 17.5 Å². The minimum absolute atomic E-state index is 0.150. The topological polar surface area (TPSA) is 65.7 Å². The molecule has 0 spiro atoms. The Morgan fingerprint density at radius 1 is 1.29 bits per heavy atom. The molecule has 0 radical (unpaired) electrons. The van der Waals surface area contributed by atoms with Gasteiger partial charge in [-0.2, -0.15) is 0 Å². The molecule has 1 aromatic heterocycles. The van der Waals surface area contributed by atoms with Crippen LogP contribution in [0.3, 0.4) is 0 Å². The molecular weight excluding hydrogens is 332 g/mol. The molecule has 0 atom stereocenters.